The zero-order valence-electron chi connectivity index (χ0n) is 62.3. The zero-order valence-corrected chi connectivity index (χ0v) is 29.1. The van der Waals surface area contributed by atoms with Crippen molar-refractivity contribution in [1.82, 2.24) is 9.13 Å². The molecule has 266 valence electrons. The first-order valence-corrected chi connectivity index (χ1v) is 17.6. The van der Waals surface area contributed by atoms with E-state index in [4.69, 9.17) is 26.0 Å². The highest BCUT2D eigenvalue weighted by Gasteiger charge is 2.20. The highest BCUT2D eigenvalue weighted by molar-refractivity contribution is 7.26. The summed E-state index contributed by atoms with van der Waals surface area (Å²) in [4.78, 5) is 0. The number of fused-ring (bicyclic) bond motifs is 9. The molecular weight excluding hydrogens is 709 g/mol. The molecule has 57 heavy (non-hydrogen) atoms. The van der Waals surface area contributed by atoms with Crippen LogP contribution in [0.3, 0.4) is 0 Å². The first-order chi connectivity index (χ1) is 42.4. The van der Waals surface area contributed by atoms with Crippen LogP contribution in [0.5, 0.6) is 0 Å². The van der Waals surface area contributed by atoms with Gasteiger partial charge in [-0.1, -0.05) is 151 Å². The number of thiophene rings is 1. The lowest BCUT2D eigenvalue weighted by Gasteiger charge is -2.14. The molecule has 0 aliphatic carbocycles. The Morgan fingerprint density at radius 2 is 0.807 bits per heavy atom. The van der Waals surface area contributed by atoms with Gasteiger partial charge in [0.1, 0.15) is 0 Å². The summed E-state index contributed by atoms with van der Waals surface area (Å²) in [6.07, 6.45) is 0. The Kier molecular flexibility index (Phi) is 2.93. The Balaban J connectivity index is 1.27. The Hall–Kier alpha value is -7.20. The average Bonchev–Trinajstić information content (AvgIpc) is 1.56. The largest absolute Gasteiger partial charge is 0.309 e. The summed E-state index contributed by atoms with van der Waals surface area (Å²) < 4.78 is 310. The second-order valence-corrected chi connectivity index (χ2v) is 13.3. The highest BCUT2D eigenvalue weighted by atomic mass is 32.1. The molecule has 0 bridgehead atoms. The monoisotopic (exact) mass is 776 g/mol. The molecule has 0 saturated heterocycles. The first kappa shape index (κ1) is 13.2. The van der Waals surface area contributed by atoms with Crippen LogP contribution < -0.4 is 0 Å². The highest BCUT2D eigenvalue weighted by Crippen LogP contribution is 2.45. The first-order valence-electron chi connectivity index (χ1n) is 33.7. The van der Waals surface area contributed by atoms with Crippen LogP contribution in [0.15, 0.2) is 205 Å². The summed E-state index contributed by atoms with van der Waals surface area (Å²) in [5.74, 6) is 0. The predicted molar refractivity (Wildman–Crippen MR) is 244 cm³/mol. The van der Waals surface area contributed by atoms with E-state index in [0.29, 0.717) is 15.9 Å². The second kappa shape index (κ2) is 12.7. The van der Waals surface area contributed by atoms with E-state index < -0.39 is 299 Å². The van der Waals surface area contributed by atoms with Crippen LogP contribution in [-0.2, 0) is 0 Å². The zero-order chi connectivity index (χ0) is 67.0. The van der Waals surface area contributed by atoms with Crippen LogP contribution in [0.25, 0.3) is 109 Å². The summed E-state index contributed by atoms with van der Waals surface area (Å²) in [6.45, 7) is 0. The van der Waals surface area contributed by atoms with Crippen molar-refractivity contribution in [3.05, 3.63) is 205 Å². The van der Waals surface area contributed by atoms with Gasteiger partial charge in [-0.2, -0.15) is 0 Å². The minimum atomic E-state index is -1.14. The molecule has 12 aromatic rings. The van der Waals surface area contributed by atoms with Gasteiger partial charge in [0.15, 0.2) is 0 Å². The lowest BCUT2D eigenvalue weighted by Crippen LogP contribution is -1.97. The van der Waals surface area contributed by atoms with Gasteiger partial charge in [-0.3, -0.25) is 0 Å². The van der Waals surface area contributed by atoms with E-state index in [1.54, 1.807) is 0 Å². The number of hydrogen-bond donors (Lipinski definition) is 0. The van der Waals surface area contributed by atoms with E-state index in [1.807, 2.05) is 0 Å². The third-order valence-electron chi connectivity index (χ3n) is 9.29. The van der Waals surface area contributed by atoms with Crippen LogP contribution in [0.2, 0.25) is 0 Å². The molecule has 3 heteroatoms. The van der Waals surface area contributed by atoms with E-state index in [0.717, 1.165) is 4.57 Å². The number of rotatable bonds is 5. The number of hydrogen-bond acceptors (Lipinski definition) is 1. The number of aromatic nitrogens is 2. The Bertz CT molecular complexity index is 5470. The summed E-state index contributed by atoms with van der Waals surface area (Å²) in [7, 11) is 0. The van der Waals surface area contributed by atoms with Crippen molar-refractivity contribution in [2.24, 2.45) is 0 Å². The fraction of sp³-hybridized carbons (Fsp3) is 0. The van der Waals surface area contributed by atoms with Crippen molar-refractivity contribution in [2.75, 3.05) is 0 Å². The van der Waals surface area contributed by atoms with Crippen molar-refractivity contribution >= 4 is 75.1 Å². The van der Waals surface area contributed by atoms with Crippen molar-refractivity contribution in [3.8, 4) is 44.8 Å². The molecule has 0 aliphatic heterocycles. The maximum atomic E-state index is 10.1. The van der Waals surface area contributed by atoms with Crippen molar-refractivity contribution in [2.45, 2.75) is 0 Å². The number of para-hydroxylation sites is 3. The third kappa shape index (κ3) is 4.89. The summed E-state index contributed by atoms with van der Waals surface area (Å²) in [6, 6.07) is -32.5. The van der Waals surface area contributed by atoms with Crippen LogP contribution in [0.4, 0.5) is 0 Å². The van der Waals surface area contributed by atoms with Crippen LogP contribution >= 0.6 is 11.3 Å². The van der Waals surface area contributed by atoms with Gasteiger partial charge in [-0.15, -0.1) is 11.3 Å². The minimum Gasteiger partial charge on any atom is -0.309 e. The molecule has 0 spiro atoms. The molecule has 3 aromatic heterocycles. The van der Waals surface area contributed by atoms with E-state index in [9.17, 15) is 20.6 Å². The molecule has 9 aromatic carbocycles. The van der Waals surface area contributed by atoms with Gasteiger partial charge in [-0.05, 0) is 82.2 Å². The quantitative estimate of drug-likeness (QED) is 0.165. The predicted octanol–water partition coefficient (Wildman–Crippen LogP) is 15.2. The third-order valence-corrected chi connectivity index (χ3v) is 10.4. The minimum absolute atomic E-state index is 0.298. The average molecular weight is 777 g/mol. The topological polar surface area (TPSA) is 9.86 Å². The van der Waals surface area contributed by atoms with Crippen molar-refractivity contribution in [3.63, 3.8) is 0 Å². The SMILES string of the molecule is [2H]c1c([2H])c([2H])c(-c2c([2H])c([2H])c([2H])c([2H])c2-n2c3c([2H])c([2H])c([2H])c([2H])c3c3c([2H])c(-c4c([2H])c([2H])c5c(c4[2H])c4c([2H])c([2H])c([2H])c([2H])c4n5-c4c([2H])c([2H])c([2H])c5c4sc4c([2H])c([2H])c([2H])c(-c6c([2H])c([2H])c([2H])c([2H])c6[2H])c45)c([2H])c([2H])c32)c([2H])c1[2H]. The smallest absolute Gasteiger partial charge is 0.0645 e. The Morgan fingerprint density at radius 1 is 0.333 bits per heavy atom. The number of nitrogens with zero attached hydrogens (tertiary/aromatic N) is 2. The summed E-state index contributed by atoms with van der Waals surface area (Å²) in [5.41, 5.74) is -9.06. The maximum Gasteiger partial charge on any atom is 0.0645 e. The number of benzene rings is 9. The second-order valence-electron chi connectivity index (χ2n) is 12.3. The van der Waals surface area contributed by atoms with Gasteiger partial charge in [0, 0.05) is 42.6 Å². The summed E-state index contributed by atoms with van der Waals surface area (Å²) >= 11 is 0.525. The lowest BCUT2D eigenvalue weighted by molar-refractivity contribution is 1.18. The van der Waals surface area contributed by atoms with Gasteiger partial charge in [0.25, 0.3) is 0 Å². The standard InChI is InChI=1S/C54H34N2S/c1-3-15-35(16-4-1)39-19-7-10-24-46(39)55-47-25-11-8-20-41(47)44-33-37(29-31-49(44)55)38-30-32-50-45(34-38)42-21-9-12-26-48(42)56(50)51-27-13-23-43-53-40(36-17-5-2-6-18-36)22-14-28-52(53)57-54(43)51/h1-34H/i1D,2D,3D,4D,5D,6D,7D,8D,9D,10D,11D,12D,13D,14D,15D,16D,17D,18D,19D,20D,21D,22D,23D,24D,25D,26D,27D,28D,29D,30D,31D,32D,33D,34D. The molecule has 0 N–H and O–H groups in total. The van der Waals surface area contributed by atoms with Crippen molar-refractivity contribution in [1.29, 1.82) is 0 Å². The van der Waals surface area contributed by atoms with Gasteiger partial charge >= 0.3 is 0 Å². The van der Waals surface area contributed by atoms with E-state index in [-0.39, 0.29) is 14.8 Å². The molecule has 3 heterocycles. The van der Waals surface area contributed by atoms with Crippen LogP contribution in [-0.4, -0.2) is 9.13 Å². The maximum absolute atomic E-state index is 10.1. The van der Waals surface area contributed by atoms with Crippen molar-refractivity contribution < 1.29 is 46.6 Å². The van der Waals surface area contributed by atoms with Gasteiger partial charge in [0.2, 0.25) is 0 Å². The van der Waals surface area contributed by atoms with Crippen LogP contribution in [0, 0.1) is 0 Å². The molecule has 2 nitrogen and oxygen atoms in total. The molecule has 12 rings (SSSR count). The van der Waals surface area contributed by atoms with E-state index in [1.165, 1.54) is 0 Å². The molecule has 0 saturated carbocycles. The molecule has 0 unspecified atom stereocenters. The molecule has 0 fully saturated rings. The summed E-state index contributed by atoms with van der Waals surface area (Å²) in [5, 5.41) is -3.52. The molecule has 0 aliphatic rings. The Labute approximate surface area is 381 Å². The van der Waals surface area contributed by atoms with E-state index >= 15 is 0 Å². The molecular formula is C54H34N2S. The fourth-order valence-electron chi connectivity index (χ4n) is 6.94. The Morgan fingerprint density at radius 3 is 1.47 bits per heavy atom. The molecule has 0 amide bonds. The lowest BCUT2D eigenvalue weighted by atomic mass is 9.99. The van der Waals surface area contributed by atoms with Gasteiger partial charge in [-0.25, -0.2) is 0 Å². The van der Waals surface area contributed by atoms with Gasteiger partial charge < -0.3 is 9.13 Å². The van der Waals surface area contributed by atoms with E-state index in [2.05, 4.69) is 0 Å². The fourth-order valence-corrected chi connectivity index (χ4v) is 8.05. The normalized spacial score (nSPS) is 20.2. The van der Waals surface area contributed by atoms with Gasteiger partial charge in [0.05, 0.1) is 84.7 Å². The van der Waals surface area contributed by atoms with Crippen LogP contribution in [0.1, 0.15) is 46.6 Å². The molecule has 0 atom stereocenters. The molecule has 0 radical (unpaired) electrons.